The Labute approximate surface area is 178 Å². The van der Waals surface area contributed by atoms with Crippen LogP contribution in [0.3, 0.4) is 0 Å². The SMILES string of the molecule is COc1ccc(-c2cc3ccc(OCc4ccc(Cl)cc4)cc3oc2=O)cc1OC. The van der Waals surface area contributed by atoms with Crippen LogP contribution < -0.4 is 19.8 Å². The number of halogens is 1. The van der Waals surface area contributed by atoms with Crippen LogP contribution in [0.5, 0.6) is 17.2 Å². The maximum Gasteiger partial charge on any atom is 0.344 e. The number of ether oxygens (including phenoxy) is 3. The molecule has 0 atom stereocenters. The van der Waals surface area contributed by atoms with Crippen LogP contribution in [0.15, 0.2) is 75.9 Å². The predicted octanol–water partition coefficient (Wildman–Crippen LogP) is 5.71. The molecule has 3 aromatic carbocycles. The van der Waals surface area contributed by atoms with Crippen LogP contribution in [0.2, 0.25) is 5.02 Å². The Morgan fingerprint density at radius 3 is 2.37 bits per heavy atom. The average Bonchev–Trinajstić information content (AvgIpc) is 2.77. The zero-order chi connectivity index (χ0) is 21.1. The molecule has 0 fully saturated rings. The van der Waals surface area contributed by atoms with Crippen LogP contribution in [-0.4, -0.2) is 14.2 Å². The smallest absolute Gasteiger partial charge is 0.344 e. The van der Waals surface area contributed by atoms with Gasteiger partial charge in [0.1, 0.15) is 17.9 Å². The lowest BCUT2D eigenvalue weighted by atomic mass is 10.1. The van der Waals surface area contributed by atoms with Crippen LogP contribution in [0.25, 0.3) is 22.1 Å². The van der Waals surface area contributed by atoms with E-state index >= 15 is 0 Å². The van der Waals surface area contributed by atoms with Gasteiger partial charge in [0.25, 0.3) is 0 Å². The molecule has 152 valence electrons. The van der Waals surface area contributed by atoms with Crippen molar-refractivity contribution in [3.05, 3.63) is 87.7 Å². The number of benzene rings is 3. The van der Waals surface area contributed by atoms with Crippen molar-refractivity contribution in [3.8, 4) is 28.4 Å². The predicted molar refractivity (Wildman–Crippen MR) is 117 cm³/mol. The fourth-order valence-corrected chi connectivity index (χ4v) is 3.26. The Kier molecular flexibility index (Phi) is 5.63. The van der Waals surface area contributed by atoms with Gasteiger partial charge < -0.3 is 18.6 Å². The highest BCUT2D eigenvalue weighted by Gasteiger charge is 2.12. The Bertz CT molecular complexity index is 1240. The lowest BCUT2D eigenvalue weighted by Crippen LogP contribution is -2.03. The summed E-state index contributed by atoms with van der Waals surface area (Å²) in [6, 6.07) is 19.9. The van der Waals surface area contributed by atoms with Crippen LogP contribution in [-0.2, 0) is 6.61 Å². The maximum atomic E-state index is 12.6. The highest BCUT2D eigenvalue weighted by Crippen LogP contribution is 2.32. The van der Waals surface area contributed by atoms with E-state index in [9.17, 15) is 4.79 Å². The van der Waals surface area contributed by atoms with Crippen molar-refractivity contribution in [2.45, 2.75) is 6.61 Å². The lowest BCUT2D eigenvalue weighted by molar-refractivity contribution is 0.306. The first-order chi connectivity index (χ1) is 14.6. The fraction of sp³-hybridized carbons (Fsp3) is 0.125. The Hall–Kier alpha value is -3.44. The maximum absolute atomic E-state index is 12.6. The summed E-state index contributed by atoms with van der Waals surface area (Å²) in [5.41, 5.74) is 2.14. The number of rotatable bonds is 6. The third-order valence-electron chi connectivity index (χ3n) is 4.72. The third kappa shape index (κ3) is 4.11. The topological polar surface area (TPSA) is 57.9 Å². The van der Waals surface area contributed by atoms with E-state index in [0.29, 0.717) is 45.6 Å². The van der Waals surface area contributed by atoms with Crippen molar-refractivity contribution in [3.63, 3.8) is 0 Å². The monoisotopic (exact) mass is 422 g/mol. The summed E-state index contributed by atoms with van der Waals surface area (Å²) >= 11 is 5.90. The quantitative estimate of drug-likeness (QED) is 0.372. The second-order valence-corrected chi connectivity index (χ2v) is 7.07. The van der Waals surface area contributed by atoms with Crippen molar-refractivity contribution in [1.29, 1.82) is 0 Å². The van der Waals surface area contributed by atoms with E-state index in [4.69, 9.17) is 30.2 Å². The van der Waals surface area contributed by atoms with Gasteiger partial charge in [-0.15, -0.1) is 0 Å². The molecule has 30 heavy (non-hydrogen) atoms. The van der Waals surface area contributed by atoms with Crippen molar-refractivity contribution < 1.29 is 18.6 Å². The van der Waals surface area contributed by atoms with Gasteiger partial charge in [0.2, 0.25) is 0 Å². The van der Waals surface area contributed by atoms with Gasteiger partial charge in [0.15, 0.2) is 11.5 Å². The van der Waals surface area contributed by atoms with Gasteiger partial charge >= 0.3 is 5.63 Å². The molecule has 5 nitrogen and oxygen atoms in total. The van der Waals surface area contributed by atoms with Crippen molar-refractivity contribution >= 4 is 22.6 Å². The summed E-state index contributed by atoms with van der Waals surface area (Å²) in [6.07, 6.45) is 0. The van der Waals surface area contributed by atoms with Gasteiger partial charge in [-0.3, -0.25) is 0 Å². The number of methoxy groups -OCH3 is 2. The van der Waals surface area contributed by atoms with E-state index in [1.54, 1.807) is 44.6 Å². The number of fused-ring (bicyclic) bond motifs is 1. The molecular weight excluding hydrogens is 404 g/mol. The number of hydrogen-bond donors (Lipinski definition) is 0. The molecule has 0 amide bonds. The van der Waals surface area contributed by atoms with Crippen LogP contribution >= 0.6 is 11.6 Å². The lowest BCUT2D eigenvalue weighted by Gasteiger charge is -2.10. The molecule has 0 saturated carbocycles. The molecule has 0 unspecified atom stereocenters. The van der Waals surface area contributed by atoms with Crippen molar-refractivity contribution in [2.75, 3.05) is 14.2 Å². The van der Waals surface area contributed by atoms with E-state index in [2.05, 4.69) is 0 Å². The molecule has 6 heteroatoms. The van der Waals surface area contributed by atoms with E-state index in [1.165, 1.54) is 0 Å². The molecule has 0 saturated heterocycles. The molecule has 0 radical (unpaired) electrons. The zero-order valence-corrected chi connectivity index (χ0v) is 17.2. The molecular formula is C24H19ClO5. The average molecular weight is 423 g/mol. The minimum Gasteiger partial charge on any atom is -0.493 e. The first kappa shape index (κ1) is 19.9. The van der Waals surface area contributed by atoms with Crippen LogP contribution in [0.4, 0.5) is 0 Å². The molecule has 0 spiro atoms. The minimum atomic E-state index is -0.440. The highest BCUT2D eigenvalue weighted by atomic mass is 35.5. The first-order valence-electron chi connectivity index (χ1n) is 9.25. The molecule has 1 aromatic heterocycles. The summed E-state index contributed by atoms with van der Waals surface area (Å²) < 4.78 is 22.0. The molecule has 4 aromatic rings. The van der Waals surface area contributed by atoms with E-state index in [1.807, 2.05) is 36.4 Å². The molecule has 0 aliphatic carbocycles. The Morgan fingerprint density at radius 2 is 1.63 bits per heavy atom. The molecule has 1 heterocycles. The highest BCUT2D eigenvalue weighted by molar-refractivity contribution is 6.30. The minimum absolute atomic E-state index is 0.386. The number of hydrogen-bond acceptors (Lipinski definition) is 5. The molecule has 4 rings (SSSR count). The van der Waals surface area contributed by atoms with E-state index in [0.717, 1.165) is 10.9 Å². The second kappa shape index (κ2) is 8.51. The summed E-state index contributed by atoms with van der Waals surface area (Å²) in [6.45, 7) is 0.386. The second-order valence-electron chi connectivity index (χ2n) is 6.63. The van der Waals surface area contributed by atoms with Crippen LogP contribution in [0.1, 0.15) is 5.56 Å². The Morgan fingerprint density at radius 1 is 0.867 bits per heavy atom. The van der Waals surface area contributed by atoms with Gasteiger partial charge in [0.05, 0.1) is 19.8 Å². The summed E-state index contributed by atoms with van der Waals surface area (Å²) in [5, 5.41) is 1.47. The van der Waals surface area contributed by atoms with E-state index in [-0.39, 0.29) is 0 Å². The molecule has 0 aliphatic heterocycles. The Balaban J connectivity index is 1.62. The molecule has 0 aliphatic rings. The standard InChI is InChI=1S/C24H19ClO5/c1-27-21-10-6-16(12-23(21)28-2)20-11-17-5-9-19(13-22(17)30-24(20)26)29-14-15-3-7-18(25)8-4-15/h3-13H,14H2,1-2H3. The van der Waals surface area contributed by atoms with Gasteiger partial charge in [-0.2, -0.15) is 0 Å². The normalized spacial score (nSPS) is 10.8. The van der Waals surface area contributed by atoms with Crippen LogP contribution in [0, 0.1) is 0 Å². The van der Waals surface area contributed by atoms with Crippen molar-refractivity contribution in [1.82, 2.24) is 0 Å². The largest absolute Gasteiger partial charge is 0.493 e. The van der Waals surface area contributed by atoms with E-state index < -0.39 is 5.63 Å². The van der Waals surface area contributed by atoms with Gasteiger partial charge in [-0.05, 0) is 53.6 Å². The zero-order valence-electron chi connectivity index (χ0n) is 16.5. The summed E-state index contributed by atoms with van der Waals surface area (Å²) in [7, 11) is 3.12. The summed E-state index contributed by atoms with van der Waals surface area (Å²) in [5.74, 6) is 1.74. The summed E-state index contributed by atoms with van der Waals surface area (Å²) in [4.78, 5) is 12.6. The van der Waals surface area contributed by atoms with Gasteiger partial charge in [0, 0.05) is 16.5 Å². The molecule has 0 N–H and O–H groups in total. The fourth-order valence-electron chi connectivity index (χ4n) is 3.13. The first-order valence-corrected chi connectivity index (χ1v) is 9.63. The third-order valence-corrected chi connectivity index (χ3v) is 4.97. The molecule has 0 bridgehead atoms. The van der Waals surface area contributed by atoms with Gasteiger partial charge in [-0.25, -0.2) is 4.79 Å². The van der Waals surface area contributed by atoms with Gasteiger partial charge in [-0.1, -0.05) is 29.8 Å². The van der Waals surface area contributed by atoms with Crippen molar-refractivity contribution in [2.24, 2.45) is 0 Å².